The number of nitrogens with zero attached hydrogens (tertiary/aromatic N) is 3. The molecule has 6 heteroatoms. The topological polar surface area (TPSA) is 72.5 Å². The highest BCUT2D eigenvalue weighted by Crippen LogP contribution is 2.30. The maximum Gasteiger partial charge on any atom is 0.363 e. The van der Waals surface area contributed by atoms with Gasteiger partial charge in [0.05, 0.1) is 17.2 Å². The van der Waals surface area contributed by atoms with Crippen LogP contribution in [0.2, 0.25) is 0 Å². The number of hydrazone groups is 1. The van der Waals surface area contributed by atoms with E-state index in [4.69, 9.17) is 0 Å². The first-order chi connectivity index (χ1) is 11.2. The molecule has 0 aliphatic carbocycles. The van der Waals surface area contributed by atoms with Gasteiger partial charge in [-0.15, -0.1) is 0 Å². The van der Waals surface area contributed by atoms with Crippen molar-refractivity contribution in [3.63, 3.8) is 0 Å². The number of para-hydroxylation sites is 1. The molecule has 0 radical (unpaired) electrons. The zero-order chi connectivity index (χ0) is 16.4. The second-order valence-electron chi connectivity index (χ2n) is 5.24. The number of anilines is 1. The standard InChI is InChI=1S/C17H18N4O2/c1-3-17(21(22)23)19-18-12-9-10-16-14(11-12)13-7-5-6-8-15(13)20(16)4-2/h5-11,18H,3-4H2,1-2H3/b19-17+. The Morgan fingerprint density at radius 1 is 1.17 bits per heavy atom. The highest BCUT2D eigenvalue weighted by molar-refractivity contribution is 6.09. The van der Waals surface area contributed by atoms with Crippen LogP contribution in [-0.2, 0) is 6.54 Å². The smallest absolute Gasteiger partial charge is 0.358 e. The number of amidine groups is 1. The summed E-state index contributed by atoms with van der Waals surface area (Å²) in [6, 6.07) is 14.1. The summed E-state index contributed by atoms with van der Waals surface area (Å²) >= 11 is 0. The zero-order valence-electron chi connectivity index (χ0n) is 13.1. The number of rotatable bonds is 4. The molecule has 0 bridgehead atoms. The number of nitro groups is 1. The third kappa shape index (κ3) is 2.63. The van der Waals surface area contributed by atoms with Crippen LogP contribution in [0.4, 0.5) is 5.69 Å². The largest absolute Gasteiger partial charge is 0.363 e. The van der Waals surface area contributed by atoms with Gasteiger partial charge in [-0.25, -0.2) is 0 Å². The molecule has 1 N–H and O–H groups in total. The summed E-state index contributed by atoms with van der Waals surface area (Å²) < 4.78 is 2.26. The predicted octanol–water partition coefficient (Wildman–Crippen LogP) is 4.23. The molecule has 3 aromatic rings. The Labute approximate surface area is 133 Å². The third-order valence-corrected chi connectivity index (χ3v) is 3.93. The summed E-state index contributed by atoms with van der Waals surface area (Å²) in [5.74, 6) is -0.0823. The van der Waals surface area contributed by atoms with Crippen LogP contribution >= 0.6 is 0 Å². The van der Waals surface area contributed by atoms with E-state index in [0.717, 1.165) is 23.1 Å². The van der Waals surface area contributed by atoms with Crippen LogP contribution in [0, 0.1) is 10.1 Å². The van der Waals surface area contributed by atoms with Crippen molar-refractivity contribution in [1.82, 2.24) is 4.57 Å². The van der Waals surface area contributed by atoms with Crippen molar-refractivity contribution in [3.05, 3.63) is 52.6 Å². The molecule has 2 aromatic carbocycles. The number of aryl methyl sites for hydroxylation is 1. The van der Waals surface area contributed by atoms with Gasteiger partial charge in [0.25, 0.3) is 0 Å². The Kier molecular flexibility index (Phi) is 3.97. The van der Waals surface area contributed by atoms with Gasteiger partial charge in [0, 0.05) is 28.4 Å². The van der Waals surface area contributed by atoms with Crippen LogP contribution in [-0.4, -0.2) is 15.3 Å². The van der Waals surface area contributed by atoms with Gasteiger partial charge in [0.1, 0.15) is 0 Å². The van der Waals surface area contributed by atoms with Gasteiger partial charge in [-0.2, -0.15) is 5.43 Å². The van der Waals surface area contributed by atoms with Crippen LogP contribution in [0.15, 0.2) is 47.6 Å². The van der Waals surface area contributed by atoms with Crippen molar-refractivity contribution in [2.75, 3.05) is 5.43 Å². The minimum atomic E-state index is -0.464. The van der Waals surface area contributed by atoms with E-state index in [1.54, 1.807) is 6.92 Å². The van der Waals surface area contributed by atoms with E-state index in [-0.39, 0.29) is 12.3 Å². The highest BCUT2D eigenvalue weighted by atomic mass is 16.6. The van der Waals surface area contributed by atoms with Crippen LogP contribution < -0.4 is 5.43 Å². The SMILES string of the molecule is CC/C(=N\Nc1ccc2c(c1)c1ccccc1n2CC)[N+](=O)[O-]. The minimum absolute atomic E-state index is 0.0823. The van der Waals surface area contributed by atoms with Gasteiger partial charge >= 0.3 is 5.84 Å². The maximum atomic E-state index is 10.8. The van der Waals surface area contributed by atoms with Crippen molar-refractivity contribution in [2.45, 2.75) is 26.8 Å². The monoisotopic (exact) mass is 310 g/mol. The summed E-state index contributed by atoms with van der Waals surface area (Å²) in [5.41, 5.74) is 5.87. The lowest BCUT2D eigenvalue weighted by molar-refractivity contribution is -0.353. The Morgan fingerprint density at radius 2 is 1.91 bits per heavy atom. The normalized spacial score (nSPS) is 12.0. The van der Waals surface area contributed by atoms with Crippen LogP contribution in [0.5, 0.6) is 0 Å². The predicted molar refractivity (Wildman–Crippen MR) is 93.5 cm³/mol. The molecule has 0 saturated carbocycles. The van der Waals surface area contributed by atoms with E-state index in [9.17, 15) is 10.1 Å². The number of fused-ring (bicyclic) bond motifs is 3. The second-order valence-corrected chi connectivity index (χ2v) is 5.24. The maximum absolute atomic E-state index is 10.8. The third-order valence-electron chi connectivity index (χ3n) is 3.93. The quantitative estimate of drug-likeness (QED) is 0.339. The Balaban J connectivity index is 2.09. The lowest BCUT2D eigenvalue weighted by Gasteiger charge is -2.03. The molecular formula is C17H18N4O2. The van der Waals surface area contributed by atoms with E-state index < -0.39 is 4.92 Å². The molecule has 23 heavy (non-hydrogen) atoms. The van der Waals surface area contributed by atoms with Crippen LogP contribution in [0.1, 0.15) is 20.3 Å². The van der Waals surface area contributed by atoms with E-state index in [1.165, 1.54) is 10.9 Å². The Morgan fingerprint density at radius 3 is 2.61 bits per heavy atom. The second kappa shape index (κ2) is 6.08. The molecule has 0 aliphatic rings. The molecule has 0 fully saturated rings. The summed E-state index contributed by atoms with van der Waals surface area (Å²) in [7, 11) is 0. The fourth-order valence-corrected chi connectivity index (χ4v) is 2.84. The number of benzene rings is 2. The molecule has 3 rings (SSSR count). The zero-order valence-corrected chi connectivity index (χ0v) is 13.1. The highest BCUT2D eigenvalue weighted by Gasteiger charge is 2.12. The lowest BCUT2D eigenvalue weighted by Crippen LogP contribution is -2.12. The molecule has 1 heterocycles. The average Bonchev–Trinajstić information content (AvgIpc) is 2.88. The molecule has 0 unspecified atom stereocenters. The molecular weight excluding hydrogens is 292 g/mol. The van der Waals surface area contributed by atoms with Crippen LogP contribution in [0.3, 0.4) is 0 Å². The van der Waals surface area contributed by atoms with Crippen molar-refractivity contribution < 1.29 is 4.92 Å². The van der Waals surface area contributed by atoms with Gasteiger partial charge < -0.3 is 14.7 Å². The van der Waals surface area contributed by atoms with E-state index in [2.05, 4.69) is 34.2 Å². The Hall–Kier alpha value is -2.89. The van der Waals surface area contributed by atoms with Gasteiger partial charge in [-0.1, -0.05) is 25.1 Å². The molecule has 118 valence electrons. The number of aromatic nitrogens is 1. The molecule has 0 spiro atoms. The van der Waals surface area contributed by atoms with Gasteiger partial charge in [0.2, 0.25) is 0 Å². The van der Waals surface area contributed by atoms with Gasteiger partial charge in [-0.05, 0) is 36.1 Å². The first-order valence-electron chi connectivity index (χ1n) is 7.63. The number of nitrogens with one attached hydrogen (secondary N) is 1. The summed E-state index contributed by atoms with van der Waals surface area (Å²) in [6.07, 6.45) is 0.275. The molecule has 0 atom stereocenters. The summed E-state index contributed by atoms with van der Waals surface area (Å²) in [6.45, 7) is 4.71. The molecule has 1 aromatic heterocycles. The van der Waals surface area contributed by atoms with Gasteiger partial charge in [0.15, 0.2) is 0 Å². The fraction of sp³-hybridized carbons (Fsp3) is 0.235. The Bertz CT molecular complexity index is 911. The van der Waals surface area contributed by atoms with Crippen molar-refractivity contribution in [2.24, 2.45) is 5.10 Å². The summed E-state index contributed by atoms with van der Waals surface area (Å²) in [5, 5.41) is 17.0. The summed E-state index contributed by atoms with van der Waals surface area (Å²) in [4.78, 5) is 10.3. The number of hydrogen-bond acceptors (Lipinski definition) is 4. The van der Waals surface area contributed by atoms with Crippen molar-refractivity contribution in [3.8, 4) is 0 Å². The number of hydrogen-bond donors (Lipinski definition) is 1. The molecule has 0 aliphatic heterocycles. The molecule has 0 saturated heterocycles. The van der Waals surface area contributed by atoms with E-state index in [0.29, 0.717) is 0 Å². The van der Waals surface area contributed by atoms with Crippen molar-refractivity contribution >= 4 is 33.3 Å². The lowest BCUT2D eigenvalue weighted by atomic mass is 10.1. The minimum Gasteiger partial charge on any atom is -0.358 e. The fourth-order valence-electron chi connectivity index (χ4n) is 2.84. The average molecular weight is 310 g/mol. The van der Waals surface area contributed by atoms with Crippen molar-refractivity contribution in [1.29, 1.82) is 0 Å². The van der Waals surface area contributed by atoms with E-state index in [1.807, 2.05) is 30.3 Å². The van der Waals surface area contributed by atoms with E-state index >= 15 is 0 Å². The molecule has 6 nitrogen and oxygen atoms in total. The van der Waals surface area contributed by atoms with Gasteiger partial charge in [-0.3, -0.25) is 0 Å². The van der Waals surface area contributed by atoms with Crippen LogP contribution in [0.25, 0.3) is 21.8 Å². The first-order valence-corrected chi connectivity index (χ1v) is 7.63. The first kappa shape index (κ1) is 15.0. The molecule has 0 amide bonds.